The average Bonchev–Trinajstić information content (AvgIpc) is 2.76. The third-order valence-corrected chi connectivity index (χ3v) is 3.80. The lowest BCUT2D eigenvalue weighted by Crippen LogP contribution is -2.15. The highest BCUT2D eigenvalue weighted by Gasteiger charge is 2.06. The number of hydrogen-bond acceptors (Lipinski definition) is 6. The SMILES string of the molecule is Cc1ncc(CN(C)Cc2cnc(N)s2)s1. The Morgan fingerprint density at radius 3 is 2.31 bits per heavy atom. The summed E-state index contributed by atoms with van der Waals surface area (Å²) in [5, 5.41) is 1.75. The van der Waals surface area contributed by atoms with Crippen molar-refractivity contribution in [1.82, 2.24) is 14.9 Å². The smallest absolute Gasteiger partial charge is 0.180 e. The maximum Gasteiger partial charge on any atom is 0.180 e. The summed E-state index contributed by atoms with van der Waals surface area (Å²) in [5.41, 5.74) is 5.59. The molecule has 0 radical (unpaired) electrons. The van der Waals surface area contributed by atoms with Crippen LogP contribution in [0.1, 0.15) is 14.8 Å². The van der Waals surface area contributed by atoms with E-state index in [-0.39, 0.29) is 0 Å². The van der Waals surface area contributed by atoms with Crippen LogP contribution in [0, 0.1) is 6.92 Å². The van der Waals surface area contributed by atoms with Gasteiger partial charge in [0, 0.05) is 35.2 Å². The largest absolute Gasteiger partial charge is 0.375 e. The number of rotatable bonds is 4. The van der Waals surface area contributed by atoms with E-state index in [0.29, 0.717) is 5.13 Å². The number of nitrogens with zero attached hydrogens (tertiary/aromatic N) is 3. The molecular weight excluding hydrogens is 240 g/mol. The fourth-order valence-electron chi connectivity index (χ4n) is 1.46. The maximum atomic E-state index is 5.59. The molecule has 0 aromatic carbocycles. The zero-order chi connectivity index (χ0) is 11.5. The predicted octanol–water partition coefficient (Wildman–Crippen LogP) is 2.12. The van der Waals surface area contributed by atoms with Gasteiger partial charge in [0.25, 0.3) is 0 Å². The van der Waals surface area contributed by atoms with Crippen molar-refractivity contribution >= 4 is 27.8 Å². The quantitative estimate of drug-likeness (QED) is 0.908. The third kappa shape index (κ3) is 3.01. The van der Waals surface area contributed by atoms with Crippen LogP contribution < -0.4 is 5.73 Å². The first-order valence-corrected chi connectivity index (χ1v) is 6.57. The Bertz CT molecular complexity index is 421. The number of thiazole rings is 2. The van der Waals surface area contributed by atoms with E-state index in [1.807, 2.05) is 19.3 Å². The molecule has 0 aliphatic carbocycles. The summed E-state index contributed by atoms with van der Waals surface area (Å²) in [4.78, 5) is 13.0. The molecule has 0 atom stereocenters. The van der Waals surface area contributed by atoms with Gasteiger partial charge in [-0.05, 0) is 14.0 Å². The van der Waals surface area contributed by atoms with Crippen molar-refractivity contribution in [2.45, 2.75) is 20.0 Å². The Kier molecular flexibility index (Phi) is 3.52. The number of nitrogens with two attached hydrogens (primary N) is 1. The third-order valence-electron chi connectivity index (χ3n) is 2.09. The Morgan fingerprint density at radius 1 is 1.19 bits per heavy atom. The summed E-state index contributed by atoms with van der Waals surface area (Å²) in [6.07, 6.45) is 3.78. The Labute approximate surface area is 103 Å². The number of hydrogen-bond donors (Lipinski definition) is 1. The van der Waals surface area contributed by atoms with Gasteiger partial charge in [-0.2, -0.15) is 0 Å². The molecule has 0 saturated heterocycles. The number of aryl methyl sites for hydroxylation is 1. The monoisotopic (exact) mass is 254 g/mol. The molecular formula is C10H14N4S2. The van der Waals surface area contributed by atoms with Crippen LogP contribution in [0.15, 0.2) is 12.4 Å². The van der Waals surface area contributed by atoms with Crippen molar-refractivity contribution in [1.29, 1.82) is 0 Å². The molecule has 0 saturated carbocycles. The first-order chi connectivity index (χ1) is 7.63. The molecule has 2 aromatic rings. The number of nitrogen functional groups attached to an aromatic ring is 1. The molecule has 0 aliphatic heterocycles. The summed E-state index contributed by atoms with van der Waals surface area (Å²) in [6, 6.07) is 0. The first kappa shape index (κ1) is 11.5. The van der Waals surface area contributed by atoms with Crippen LogP contribution in [0.5, 0.6) is 0 Å². The highest BCUT2D eigenvalue weighted by atomic mass is 32.1. The van der Waals surface area contributed by atoms with E-state index >= 15 is 0 Å². The molecule has 2 rings (SSSR count). The van der Waals surface area contributed by atoms with E-state index in [4.69, 9.17) is 5.73 Å². The lowest BCUT2D eigenvalue weighted by molar-refractivity contribution is 0.324. The molecule has 86 valence electrons. The van der Waals surface area contributed by atoms with Crippen LogP contribution in [-0.2, 0) is 13.1 Å². The lowest BCUT2D eigenvalue weighted by atomic mass is 10.4. The van der Waals surface area contributed by atoms with E-state index in [1.165, 1.54) is 9.75 Å². The summed E-state index contributed by atoms with van der Waals surface area (Å²) >= 11 is 3.29. The standard InChI is InChI=1S/C10H14N4S2/c1-7-12-3-8(15-7)5-14(2)6-9-4-13-10(11)16-9/h3-4H,5-6H2,1-2H3,(H2,11,13). The average molecular weight is 254 g/mol. The van der Waals surface area contributed by atoms with Gasteiger partial charge in [-0.25, -0.2) is 9.97 Å². The number of anilines is 1. The Morgan fingerprint density at radius 2 is 1.81 bits per heavy atom. The molecule has 0 spiro atoms. The predicted molar refractivity (Wildman–Crippen MR) is 68.5 cm³/mol. The van der Waals surface area contributed by atoms with Crippen molar-refractivity contribution < 1.29 is 0 Å². The molecule has 0 amide bonds. The van der Waals surface area contributed by atoms with E-state index in [0.717, 1.165) is 18.1 Å². The van der Waals surface area contributed by atoms with Crippen molar-refractivity contribution in [2.75, 3.05) is 12.8 Å². The van der Waals surface area contributed by atoms with Gasteiger partial charge in [-0.1, -0.05) is 0 Å². The summed E-state index contributed by atoms with van der Waals surface area (Å²) in [7, 11) is 2.09. The fourth-order valence-corrected chi connectivity index (χ4v) is 3.10. The van der Waals surface area contributed by atoms with Crippen LogP contribution in [-0.4, -0.2) is 21.9 Å². The van der Waals surface area contributed by atoms with Crippen molar-refractivity contribution in [3.63, 3.8) is 0 Å². The van der Waals surface area contributed by atoms with E-state index < -0.39 is 0 Å². The van der Waals surface area contributed by atoms with E-state index in [2.05, 4.69) is 21.9 Å². The minimum Gasteiger partial charge on any atom is -0.375 e. The Hall–Kier alpha value is -0.980. The first-order valence-electron chi connectivity index (χ1n) is 4.93. The molecule has 4 nitrogen and oxygen atoms in total. The molecule has 0 bridgehead atoms. The molecule has 2 aromatic heterocycles. The molecule has 0 aliphatic rings. The summed E-state index contributed by atoms with van der Waals surface area (Å²) < 4.78 is 0. The second kappa shape index (κ2) is 4.90. The van der Waals surface area contributed by atoms with Gasteiger partial charge in [-0.3, -0.25) is 4.90 Å². The molecule has 2 N–H and O–H groups in total. The molecule has 0 fully saturated rings. The van der Waals surface area contributed by atoms with E-state index in [1.54, 1.807) is 22.7 Å². The normalized spacial score (nSPS) is 11.2. The van der Waals surface area contributed by atoms with Gasteiger partial charge < -0.3 is 5.73 Å². The van der Waals surface area contributed by atoms with Crippen LogP contribution in [0.25, 0.3) is 0 Å². The van der Waals surface area contributed by atoms with Crippen molar-refractivity contribution in [3.8, 4) is 0 Å². The van der Waals surface area contributed by atoms with Gasteiger partial charge in [0.1, 0.15) is 0 Å². The van der Waals surface area contributed by atoms with Crippen LogP contribution in [0.4, 0.5) is 5.13 Å². The van der Waals surface area contributed by atoms with Crippen molar-refractivity contribution in [3.05, 3.63) is 27.2 Å². The Balaban J connectivity index is 1.91. The summed E-state index contributed by atoms with van der Waals surface area (Å²) in [5.74, 6) is 0. The molecule has 6 heteroatoms. The van der Waals surface area contributed by atoms with E-state index in [9.17, 15) is 0 Å². The fraction of sp³-hybridized carbons (Fsp3) is 0.400. The van der Waals surface area contributed by atoms with Crippen LogP contribution in [0.3, 0.4) is 0 Å². The van der Waals surface area contributed by atoms with Crippen LogP contribution >= 0.6 is 22.7 Å². The van der Waals surface area contributed by atoms with Gasteiger partial charge in [0.05, 0.1) is 5.01 Å². The zero-order valence-corrected chi connectivity index (χ0v) is 10.9. The minimum atomic E-state index is 0.636. The van der Waals surface area contributed by atoms with Crippen LogP contribution in [0.2, 0.25) is 0 Å². The highest BCUT2D eigenvalue weighted by molar-refractivity contribution is 7.15. The second-order valence-corrected chi connectivity index (χ2v) is 6.15. The second-order valence-electron chi connectivity index (χ2n) is 3.68. The lowest BCUT2D eigenvalue weighted by Gasteiger charge is -2.13. The molecule has 0 unspecified atom stereocenters. The molecule has 16 heavy (non-hydrogen) atoms. The number of aromatic nitrogens is 2. The zero-order valence-electron chi connectivity index (χ0n) is 9.30. The van der Waals surface area contributed by atoms with Gasteiger partial charge in [-0.15, -0.1) is 22.7 Å². The van der Waals surface area contributed by atoms with Gasteiger partial charge >= 0.3 is 0 Å². The highest BCUT2D eigenvalue weighted by Crippen LogP contribution is 2.18. The molecule has 2 heterocycles. The minimum absolute atomic E-state index is 0.636. The summed E-state index contributed by atoms with van der Waals surface area (Å²) in [6.45, 7) is 3.83. The maximum absolute atomic E-state index is 5.59. The van der Waals surface area contributed by atoms with Crippen molar-refractivity contribution in [2.24, 2.45) is 0 Å². The topological polar surface area (TPSA) is 55.0 Å². The van der Waals surface area contributed by atoms with Gasteiger partial charge in [0.2, 0.25) is 0 Å². The van der Waals surface area contributed by atoms with Gasteiger partial charge in [0.15, 0.2) is 5.13 Å².